The molecule has 0 saturated carbocycles. The predicted molar refractivity (Wildman–Crippen MR) is 113 cm³/mol. The summed E-state index contributed by atoms with van der Waals surface area (Å²) in [5.74, 6) is -1.33. The number of anilines is 1. The number of aryl methyl sites for hydroxylation is 1. The maximum absolute atomic E-state index is 12.5. The fourth-order valence-corrected chi connectivity index (χ4v) is 2.86. The van der Waals surface area contributed by atoms with Gasteiger partial charge in [0.1, 0.15) is 5.76 Å². The van der Waals surface area contributed by atoms with Crippen LogP contribution in [0.1, 0.15) is 28.1 Å². The van der Waals surface area contributed by atoms with E-state index >= 15 is 0 Å². The molecule has 7 heteroatoms. The van der Waals surface area contributed by atoms with Gasteiger partial charge in [-0.1, -0.05) is 42.5 Å². The molecule has 3 amide bonds. The van der Waals surface area contributed by atoms with E-state index in [1.54, 1.807) is 36.4 Å². The highest BCUT2D eigenvalue weighted by molar-refractivity contribution is 6.40. The Morgan fingerprint density at radius 1 is 0.800 bits per heavy atom. The van der Waals surface area contributed by atoms with Gasteiger partial charge in [0.15, 0.2) is 0 Å². The Balaban J connectivity index is 1.49. The maximum Gasteiger partial charge on any atom is 0.313 e. The SMILES string of the molecule is O=C(NCCCc1ccccc1)C(=O)Nc1ccccc1C(=O)NCc1ccco1. The highest BCUT2D eigenvalue weighted by Gasteiger charge is 2.17. The van der Waals surface area contributed by atoms with Crippen molar-refractivity contribution >= 4 is 23.4 Å². The monoisotopic (exact) mass is 405 g/mol. The molecule has 0 spiro atoms. The van der Waals surface area contributed by atoms with Crippen LogP contribution < -0.4 is 16.0 Å². The fraction of sp³-hybridized carbons (Fsp3) is 0.174. The van der Waals surface area contributed by atoms with Crippen molar-refractivity contribution in [1.82, 2.24) is 10.6 Å². The summed E-state index contributed by atoms with van der Waals surface area (Å²) < 4.78 is 5.18. The molecular formula is C23H23N3O4. The predicted octanol–water partition coefficient (Wildman–Crippen LogP) is 2.90. The van der Waals surface area contributed by atoms with Gasteiger partial charge in [-0.15, -0.1) is 0 Å². The van der Waals surface area contributed by atoms with Crippen LogP contribution in [0.4, 0.5) is 5.69 Å². The standard InChI is InChI=1S/C23H23N3O4/c27-21(25-16-18-11-7-15-30-18)19-12-4-5-13-20(19)26-23(29)22(28)24-14-6-10-17-8-2-1-3-9-17/h1-5,7-9,11-13,15H,6,10,14,16H2,(H,24,28)(H,25,27)(H,26,29). The second-order valence-electron chi connectivity index (χ2n) is 6.61. The average molecular weight is 405 g/mol. The molecule has 1 aromatic heterocycles. The lowest BCUT2D eigenvalue weighted by atomic mass is 10.1. The largest absolute Gasteiger partial charge is 0.467 e. The van der Waals surface area contributed by atoms with Gasteiger partial charge in [-0.2, -0.15) is 0 Å². The maximum atomic E-state index is 12.5. The number of nitrogens with one attached hydrogen (secondary N) is 3. The van der Waals surface area contributed by atoms with Crippen LogP contribution in [0.3, 0.4) is 0 Å². The van der Waals surface area contributed by atoms with Crippen molar-refractivity contribution < 1.29 is 18.8 Å². The Bertz CT molecular complexity index is 985. The molecular weight excluding hydrogens is 382 g/mol. The molecule has 154 valence electrons. The molecule has 3 N–H and O–H groups in total. The van der Waals surface area contributed by atoms with Crippen LogP contribution in [0.25, 0.3) is 0 Å². The molecule has 0 fully saturated rings. The van der Waals surface area contributed by atoms with Gasteiger partial charge < -0.3 is 20.4 Å². The van der Waals surface area contributed by atoms with Gasteiger partial charge in [0.2, 0.25) is 0 Å². The summed E-state index contributed by atoms with van der Waals surface area (Å²) in [4.78, 5) is 36.8. The normalized spacial score (nSPS) is 10.3. The van der Waals surface area contributed by atoms with Gasteiger partial charge in [-0.05, 0) is 42.7 Å². The molecule has 2 aromatic carbocycles. The quantitative estimate of drug-likeness (QED) is 0.396. The van der Waals surface area contributed by atoms with E-state index in [0.29, 0.717) is 12.3 Å². The number of carbonyl (C=O) groups is 3. The number of carbonyl (C=O) groups excluding carboxylic acids is 3. The first kappa shape index (κ1) is 20.9. The molecule has 0 bridgehead atoms. The Labute approximate surface area is 174 Å². The minimum Gasteiger partial charge on any atom is -0.467 e. The number of benzene rings is 2. The number of amides is 3. The first-order valence-electron chi connectivity index (χ1n) is 9.66. The molecule has 0 radical (unpaired) electrons. The number of para-hydroxylation sites is 1. The lowest BCUT2D eigenvalue weighted by Crippen LogP contribution is -2.36. The van der Waals surface area contributed by atoms with Crippen LogP contribution in [0.15, 0.2) is 77.4 Å². The van der Waals surface area contributed by atoms with Crippen molar-refractivity contribution in [3.05, 3.63) is 89.9 Å². The highest BCUT2D eigenvalue weighted by atomic mass is 16.3. The van der Waals surface area contributed by atoms with Crippen LogP contribution >= 0.6 is 0 Å². The van der Waals surface area contributed by atoms with Gasteiger partial charge in [-0.25, -0.2) is 0 Å². The molecule has 0 saturated heterocycles. The van der Waals surface area contributed by atoms with Crippen LogP contribution in [0.2, 0.25) is 0 Å². The van der Waals surface area contributed by atoms with Crippen molar-refractivity contribution in [3.8, 4) is 0 Å². The number of hydrogen-bond donors (Lipinski definition) is 3. The summed E-state index contributed by atoms with van der Waals surface area (Å²) >= 11 is 0. The Morgan fingerprint density at radius 2 is 1.57 bits per heavy atom. The molecule has 7 nitrogen and oxygen atoms in total. The van der Waals surface area contributed by atoms with E-state index in [0.717, 1.165) is 12.8 Å². The smallest absolute Gasteiger partial charge is 0.313 e. The minimum atomic E-state index is -0.819. The van der Waals surface area contributed by atoms with Crippen molar-refractivity contribution in [2.75, 3.05) is 11.9 Å². The van der Waals surface area contributed by atoms with Gasteiger partial charge in [0.05, 0.1) is 24.1 Å². The van der Waals surface area contributed by atoms with E-state index in [1.807, 2.05) is 30.3 Å². The molecule has 1 heterocycles. The molecule has 30 heavy (non-hydrogen) atoms. The van der Waals surface area contributed by atoms with Crippen LogP contribution in [-0.2, 0) is 22.6 Å². The van der Waals surface area contributed by atoms with E-state index in [2.05, 4.69) is 16.0 Å². The van der Waals surface area contributed by atoms with Crippen LogP contribution in [-0.4, -0.2) is 24.3 Å². The van der Waals surface area contributed by atoms with E-state index < -0.39 is 11.8 Å². The summed E-state index contributed by atoms with van der Waals surface area (Å²) in [7, 11) is 0. The van der Waals surface area contributed by atoms with Crippen molar-refractivity contribution in [3.63, 3.8) is 0 Å². The Morgan fingerprint density at radius 3 is 2.33 bits per heavy atom. The van der Waals surface area contributed by atoms with Crippen LogP contribution in [0, 0.1) is 0 Å². The van der Waals surface area contributed by atoms with Gasteiger partial charge in [0, 0.05) is 6.54 Å². The Hall–Kier alpha value is -3.87. The minimum absolute atomic E-state index is 0.218. The van der Waals surface area contributed by atoms with E-state index in [9.17, 15) is 14.4 Å². The third kappa shape index (κ3) is 6.07. The second-order valence-corrected chi connectivity index (χ2v) is 6.61. The summed E-state index contributed by atoms with van der Waals surface area (Å²) in [5, 5.41) is 7.83. The zero-order valence-electron chi connectivity index (χ0n) is 16.4. The summed E-state index contributed by atoms with van der Waals surface area (Å²) in [6, 6.07) is 19.9. The van der Waals surface area contributed by atoms with E-state index in [1.165, 1.54) is 11.8 Å². The lowest BCUT2D eigenvalue weighted by Gasteiger charge is -2.11. The summed E-state index contributed by atoms with van der Waals surface area (Å²) in [5.41, 5.74) is 1.69. The van der Waals surface area contributed by atoms with Crippen molar-refractivity contribution in [2.45, 2.75) is 19.4 Å². The van der Waals surface area contributed by atoms with Crippen molar-refractivity contribution in [2.24, 2.45) is 0 Å². The molecule has 3 aromatic rings. The van der Waals surface area contributed by atoms with Crippen molar-refractivity contribution in [1.29, 1.82) is 0 Å². The second kappa shape index (κ2) is 10.6. The number of hydrogen-bond acceptors (Lipinski definition) is 4. The zero-order valence-corrected chi connectivity index (χ0v) is 16.4. The third-order valence-corrected chi connectivity index (χ3v) is 4.40. The number of rotatable bonds is 8. The molecule has 0 aliphatic rings. The third-order valence-electron chi connectivity index (χ3n) is 4.40. The van der Waals surface area contributed by atoms with Gasteiger partial charge in [-0.3, -0.25) is 14.4 Å². The van der Waals surface area contributed by atoms with Crippen LogP contribution in [0.5, 0.6) is 0 Å². The lowest BCUT2D eigenvalue weighted by molar-refractivity contribution is -0.136. The fourth-order valence-electron chi connectivity index (χ4n) is 2.86. The number of furan rings is 1. The Kier molecular flexibility index (Phi) is 7.38. The van der Waals surface area contributed by atoms with E-state index in [4.69, 9.17) is 4.42 Å². The van der Waals surface area contributed by atoms with E-state index in [-0.39, 0.29) is 23.7 Å². The summed E-state index contributed by atoms with van der Waals surface area (Å²) in [6.45, 7) is 0.600. The molecule has 0 aliphatic carbocycles. The molecule has 0 aliphatic heterocycles. The summed E-state index contributed by atoms with van der Waals surface area (Å²) in [6.07, 6.45) is 3.05. The molecule has 0 unspecified atom stereocenters. The first-order chi connectivity index (χ1) is 14.6. The molecule has 3 rings (SSSR count). The highest BCUT2D eigenvalue weighted by Crippen LogP contribution is 2.15. The van der Waals surface area contributed by atoms with Gasteiger partial charge >= 0.3 is 11.8 Å². The zero-order chi connectivity index (χ0) is 21.2. The first-order valence-corrected chi connectivity index (χ1v) is 9.66. The topological polar surface area (TPSA) is 100 Å². The van der Waals surface area contributed by atoms with Gasteiger partial charge in [0.25, 0.3) is 5.91 Å². The average Bonchev–Trinajstić information content (AvgIpc) is 3.29. The molecule has 0 atom stereocenters.